The van der Waals surface area contributed by atoms with Crippen LogP contribution < -0.4 is 10.6 Å². The van der Waals surface area contributed by atoms with Crippen LogP contribution in [0.2, 0.25) is 0 Å². The summed E-state index contributed by atoms with van der Waals surface area (Å²) in [6, 6.07) is 0.326. The standard InChI is InChI=1S/C9H15N3OS/c1-12(6-2-3-6)9-11-8(5-14-9)7(10)4-13/h5-7,13H,2-4,10H2,1H3. The van der Waals surface area contributed by atoms with Gasteiger partial charge >= 0.3 is 0 Å². The van der Waals surface area contributed by atoms with Gasteiger partial charge in [0.1, 0.15) is 0 Å². The molecule has 0 amide bonds. The molecule has 1 saturated carbocycles. The van der Waals surface area contributed by atoms with Crippen molar-refractivity contribution in [3.8, 4) is 0 Å². The Balaban J connectivity index is 2.08. The molecule has 4 nitrogen and oxygen atoms in total. The maximum Gasteiger partial charge on any atom is 0.185 e. The Hall–Kier alpha value is -0.650. The molecule has 1 aromatic heterocycles. The van der Waals surface area contributed by atoms with Crippen molar-refractivity contribution in [2.24, 2.45) is 5.73 Å². The van der Waals surface area contributed by atoms with Crippen LogP contribution >= 0.6 is 11.3 Å². The summed E-state index contributed by atoms with van der Waals surface area (Å²) in [6.45, 7) is -0.0453. The van der Waals surface area contributed by atoms with Crippen molar-refractivity contribution >= 4 is 16.5 Å². The van der Waals surface area contributed by atoms with E-state index in [1.54, 1.807) is 11.3 Å². The lowest BCUT2D eigenvalue weighted by molar-refractivity contribution is 0.266. The Morgan fingerprint density at radius 2 is 2.50 bits per heavy atom. The molecular weight excluding hydrogens is 198 g/mol. The summed E-state index contributed by atoms with van der Waals surface area (Å²) < 4.78 is 0. The molecule has 5 heteroatoms. The zero-order valence-electron chi connectivity index (χ0n) is 8.18. The molecule has 1 aliphatic carbocycles. The van der Waals surface area contributed by atoms with Crippen molar-refractivity contribution in [1.82, 2.24) is 4.98 Å². The van der Waals surface area contributed by atoms with Crippen molar-refractivity contribution in [2.45, 2.75) is 24.9 Å². The Kier molecular flexibility index (Phi) is 2.71. The van der Waals surface area contributed by atoms with E-state index in [1.807, 2.05) is 5.38 Å². The largest absolute Gasteiger partial charge is 0.394 e. The minimum absolute atomic E-state index is 0.0453. The molecule has 3 N–H and O–H groups in total. The molecule has 1 aliphatic rings. The number of hydrogen-bond donors (Lipinski definition) is 2. The van der Waals surface area contributed by atoms with Crippen LogP contribution in [-0.2, 0) is 0 Å². The highest BCUT2D eigenvalue weighted by Gasteiger charge is 2.28. The fourth-order valence-electron chi connectivity index (χ4n) is 1.32. The summed E-state index contributed by atoms with van der Waals surface area (Å²) in [4.78, 5) is 6.59. The summed E-state index contributed by atoms with van der Waals surface area (Å²) in [7, 11) is 2.06. The van der Waals surface area contributed by atoms with Crippen LogP contribution in [0.1, 0.15) is 24.6 Å². The predicted molar refractivity (Wildman–Crippen MR) is 57.6 cm³/mol. The first kappa shape index (κ1) is 9.89. The highest BCUT2D eigenvalue weighted by molar-refractivity contribution is 7.13. The Morgan fingerprint density at radius 3 is 3.07 bits per heavy atom. The number of rotatable bonds is 4. The minimum atomic E-state index is -0.340. The van der Waals surface area contributed by atoms with Crippen molar-refractivity contribution < 1.29 is 5.11 Å². The quantitative estimate of drug-likeness (QED) is 0.774. The molecule has 0 radical (unpaired) electrons. The van der Waals surface area contributed by atoms with Gasteiger partial charge in [-0.1, -0.05) is 0 Å². The molecule has 0 aliphatic heterocycles. The highest BCUT2D eigenvalue weighted by Crippen LogP contribution is 2.32. The van der Waals surface area contributed by atoms with Gasteiger partial charge in [-0.25, -0.2) is 4.98 Å². The third-order valence-electron chi connectivity index (χ3n) is 2.48. The second-order valence-corrected chi connectivity index (χ2v) is 4.52. The molecule has 0 spiro atoms. The van der Waals surface area contributed by atoms with Crippen molar-refractivity contribution in [1.29, 1.82) is 0 Å². The van der Waals surface area contributed by atoms with Gasteiger partial charge in [-0.15, -0.1) is 11.3 Å². The highest BCUT2D eigenvalue weighted by atomic mass is 32.1. The van der Waals surface area contributed by atoms with Gasteiger partial charge in [0, 0.05) is 18.5 Å². The van der Waals surface area contributed by atoms with E-state index in [-0.39, 0.29) is 12.6 Å². The number of thiazole rings is 1. The predicted octanol–water partition coefficient (Wildman–Crippen LogP) is 0.734. The SMILES string of the molecule is CN(c1nc(C(N)CO)cs1)C1CC1. The van der Waals surface area contributed by atoms with E-state index >= 15 is 0 Å². The molecule has 1 aromatic rings. The minimum Gasteiger partial charge on any atom is -0.394 e. The summed E-state index contributed by atoms with van der Waals surface area (Å²) in [6.07, 6.45) is 2.52. The first-order valence-electron chi connectivity index (χ1n) is 4.77. The molecular formula is C9H15N3OS. The number of aliphatic hydroxyl groups excluding tert-OH is 1. The second-order valence-electron chi connectivity index (χ2n) is 3.69. The van der Waals surface area contributed by atoms with Crippen molar-refractivity contribution in [3.63, 3.8) is 0 Å². The molecule has 1 atom stereocenters. The molecule has 0 bridgehead atoms. The van der Waals surface area contributed by atoms with E-state index in [0.717, 1.165) is 10.8 Å². The maximum atomic E-state index is 8.88. The fraction of sp³-hybridized carbons (Fsp3) is 0.667. The Labute approximate surface area is 87.4 Å². The molecule has 1 unspecified atom stereocenters. The van der Waals surface area contributed by atoms with E-state index in [9.17, 15) is 0 Å². The van der Waals surface area contributed by atoms with Gasteiger partial charge in [0.2, 0.25) is 0 Å². The average molecular weight is 213 g/mol. The van der Waals surface area contributed by atoms with Gasteiger partial charge in [-0.05, 0) is 12.8 Å². The number of nitrogens with two attached hydrogens (primary N) is 1. The summed E-state index contributed by atoms with van der Waals surface area (Å²) >= 11 is 1.59. The second kappa shape index (κ2) is 3.84. The van der Waals surface area contributed by atoms with Gasteiger partial charge in [-0.2, -0.15) is 0 Å². The van der Waals surface area contributed by atoms with Gasteiger partial charge in [0.05, 0.1) is 18.3 Å². The molecule has 0 saturated heterocycles. The third kappa shape index (κ3) is 1.89. The van der Waals surface area contributed by atoms with E-state index in [2.05, 4.69) is 16.9 Å². The lowest BCUT2D eigenvalue weighted by Gasteiger charge is -2.13. The molecule has 0 aromatic carbocycles. The molecule has 1 heterocycles. The van der Waals surface area contributed by atoms with Crippen LogP contribution in [0.4, 0.5) is 5.13 Å². The first-order chi connectivity index (χ1) is 6.72. The van der Waals surface area contributed by atoms with Gasteiger partial charge in [0.15, 0.2) is 5.13 Å². The number of hydrogen-bond acceptors (Lipinski definition) is 5. The number of aromatic nitrogens is 1. The topological polar surface area (TPSA) is 62.4 Å². The van der Waals surface area contributed by atoms with E-state index in [1.165, 1.54) is 12.8 Å². The lowest BCUT2D eigenvalue weighted by Crippen LogP contribution is -2.20. The number of aliphatic hydroxyl groups is 1. The van der Waals surface area contributed by atoms with Gasteiger partial charge < -0.3 is 15.7 Å². The van der Waals surface area contributed by atoms with Crippen molar-refractivity contribution in [3.05, 3.63) is 11.1 Å². The van der Waals surface area contributed by atoms with Crippen LogP contribution in [0.25, 0.3) is 0 Å². The first-order valence-corrected chi connectivity index (χ1v) is 5.65. The molecule has 2 rings (SSSR count). The molecule has 14 heavy (non-hydrogen) atoms. The van der Waals surface area contributed by atoms with Crippen LogP contribution in [0, 0.1) is 0 Å². The summed E-state index contributed by atoms with van der Waals surface area (Å²) in [5.41, 5.74) is 6.47. The van der Waals surface area contributed by atoms with Gasteiger partial charge in [0.25, 0.3) is 0 Å². The third-order valence-corrected chi connectivity index (χ3v) is 3.43. The molecule has 1 fully saturated rings. The number of anilines is 1. The summed E-state index contributed by atoms with van der Waals surface area (Å²) in [5, 5.41) is 11.8. The Bertz CT molecular complexity index is 311. The van der Waals surface area contributed by atoms with Crippen LogP contribution in [0.15, 0.2) is 5.38 Å². The monoisotopic (exact) mass is 213 g/mol. The lowest BCUT2D eigenvalue weighted by atomic mass is 10.3. The van der Waals surface area contributed by atoms with E-state index < -0.39 is 0 Å². The zero-order chi connectivity index (χ0) is 10.1. The normalized spacial score (nSPS) is 18.2. The number of nitrogens with zero attached hydrogens (tertiary/aromatic N) is 2. The average Bonchev–Trinajstić information content (AvgIpc) is 2.93. The van der Waals surface area contributed by atoms with Crippen LogP contribution in [0.5, 0.6) is 0 Å². The van der Waals surface area contributed by atoms with Crippen molar-refractivity contribution in [2.75, 3.05) is 18.6 Å². The van der Waals surface area contributed by atoms with Gasteiger partial charge in [-0.3, -0.25) is 0 Å². The molecule has 78 valence electrons. The smallest absolute Gasteiger partial charge is 0.185 e. The fourth-order valence-corrected chi connectivity index (χ4v) is 2.25. The summed E-state index contributed by atoms with van der Waals surface area (Å²) in [5.74, 6) is 0. The maximum absolute atomic E-state index is 8.88. The Morgan fingerprint density at radius 1 is 1.79 bits per heavy atom. The van der Waals surface area contributed by atoms with Crippen LogP contribution in [-0.4, -0.2) is 29.8 Å². The van der Waals surface area contributed by atoms with E-state index in [0.29, 0.717) is 6.04 Å². The van der Waals surface area contributed by atoms with Crippen LogP contribution in [0.3, 0.4) is 0 Å². The van der Waals surface area contributed by atoms with E-state index in [4.69, 9.17) is 10.8 Å². The zero-order valence-corrected chi connectivity index (χ0v) is 9.00.